The van der Waals surface area contributed by atoms with Gasteiger partial charge in [-0.25, -0.2) is 0 Å². The highest BCUT2D eigenvalue weighted by Crippen LogP contribution is 2.26. The molecule has 0 saturated carbocycles. The molecule has 0 aliphatic carbocycles. The van der Waals surface area contributed by atoms with Gasteiger partial charge in [-0.05, 0) is 86.5 Å². The molecule has 0 aromatic heterocycles. The fourth-order valence-corrected chi connectivity index (χ4v) is 13.2. The van der Waals surface area contributed by atoms with E-state index in [1.165, 1.54) is 51.0 Å². The van der Waals surface area contributed by atoms with E-state index in [-0.39, 0.29) is 5.92 Å². The van der Waals surface area contributed by atoms with Crippen LogP contribution in [-0.2, 0) is 8.91 Å². The van der Waals surface area contributed by atoms with Crippen molar-refractivity contribution in [3.63, 3.8) is 0 Å². The Morgan fingerprint density at radius 2 is 1.23 bits per heavy atom. The highest BCUT2D eigenvalue weighted by atomic mass is 35.5. The van der Waals surface area contributed by atoms with Gasteiger partial charge in [0.15, 0.2) is 16.6 Å². The predicted octanol–water partition coefficient (Wildman–Crippen LogP) is 10.5. The molecule has 0 fully saturated rings. The number of alkyl halides is 1. The molecule has 0 N–H and O–H groups in total. The molecule has 0 amide bonds. The van der Waals surface area contributed by atoms with Gasteiger partial charge >= 0.3 is 5.97 Å². The van der Waals surface area contributed by atoms with E-state index < -0.39 is 28.0 Å². The van der Waals surface area contributed by atoms with Crippen molar-refractivity contribution in [2.75, 3.05) is 6.61 Å². The van der Waals surface area contributed by atoms with E-state index in [0.29, 0.717) is 5.75 Å². The van der Waals surface area contributed by atoms with Gasteiger partial charge in [0.25, 0.3) is 0 Å². The summed E-state index contributed by atoms with van der Waals surface area (Å²) >= 11 is 6.20. The molecule has 2 rings (SSSR count). The normalized spacial score (nSPS) is 13.6. The van der Waals surface area contributed by atoms with Crippen LogP contribution in [0.4, 0.5) is 0 Å². The molecular formula is C33H53ClO4Si2. The minimum Gasteiger partial charge on any atom is -0.494 e. The lowest BCUT2D eigenvalue weighted by Gasteiger charge is -2.31. The summed E-state index contributed by atoms with van der Waals surface area (Å²) in [6, 6.07) is 17.0. The van der Waals surface area contributed by atoms with Crippen molar-refractivity contribution in [2.24, 2.45) is 5.92 Å². The van der Waals surface area contributed by atoms with Crippen LogP contribution in [0.3, 0.4) is 0 Å². The van der Waals surface area contributed by atoms with E-state index in [1.54, 1.807) is 0 Å². The number of rotatable bonds is 19. The van der Waals surface area contributed by atoms with E-state index in [2.05, 4.69) is 44.9 Å². The highest BCUT2D eigenvalue weighted by molar-refractivity contribution is 6.84. The number of hydrogen-bond acceptors (Lipinski definition) is 4. The zero-order valence-electron chi connectivity index (χ0n) is 26.1. The van der Waals surface area contributed by atoms with Gasteiger partial charge in [0.1, 0.15) is 16.9 Å². The summed E-state index contributed by atoms with van der Waals surface area (Å²) in [5, 5.41) is -0.633. The quantitative estimate of drug-likeness (QED) is 0.0526. The summed E-state index contributed by atoms with van der Waals surface area (Å²) in [4.78, 5) is 12.2. The number of ether oxygens (including phenoxy) is 2. The van der Waals surface area contributed by atoms with Crippen LogP contribution in [-0.4, -0.2) is 34.6 Å². The monoisotopic (exact) mass is 604 g/mol. The standard InChI is InChI=1S/C33H53ClO4Si2/c1-8-27(2)32(34)33(35)37-31-23-19-29(20-24-31)28-17-21-30(22-18-28)36-25-15-13-11-9-10-12-14-16-26-40(6,7)38-39(3,4)5/h17-24,27,32H,8-16,25-26H2,1-7H3. The van der Waals surface area contributed by atoms with Crippen LogP contribution in [0.5, 0.6) is 11.5 Å². The average molecular weight is 605 g/mol. The van der Waals surface area contributed by atoms with E-state index >= 15 is 0 Å². The molecule has 0 aliphatic rings. The SMILES string of the molecule is CCC(C)C(Cl)C(=O)Oc1ccc(-c2ccc(OCCCCCCCCCC[Si](C)(C)O[Si](C)(C)C)cc2)cc1. The third-order valence-corrected chi connectivity index (χ3v) is 14.0. The molecule has 0 heterocycles. The second kappa shape index (κ2) is 17.4. The highest BCUT2D eigenvalue weighted by Gasteiger charge is 2.28. The molecule has 0 spiro atoms. The maximum atomic E-state index is 12.2. The van der Waals surface area contributed by atoms with E-state index in [4.69, 9.17) is 25.2 Å². The Kier molecular flexibility index (Phi) is 15.0. The van der Waals surface area contributed by atoms with Crippen molar-refractivity contribution in [1.82, 2.24) is 0 Å². The molecule has 2 aromatic rings. The van der Waals surface area contributed by atoms with Crippen LogP contribution < -0.4 is 9.47 Å². The van der Waals surface area contributed by atoms with Gasteiger partial charge in [-0.2, -0.15) is 0 Å². The van der Waals surface area contributed by atoms with Crippen molar-refractivity contribution < 1.29 is 18.4 Å². The maximum Gasteiger partial charge on any atom is 0.329 e. The lowest BCUT2D eigenvalue weighted by Crippen LogP contribution is -2.42. The van der Waals surface area contributed by atoms with Crippen molar-refractivity contribution in [3.8, 4) is 22.6 Å². The molecule has 2 unspecified atom stereocenters. The molecule has 7 heteroatoms. The topological polar surface area (TPSA) is 44.8 Å². The number of carbonyl (C=O) groups is 1. The largest absolute Gasteiger partial charge is 0.494 e. The molecule has 0 bridgehead atoms. The first-order valence-corrected chi connectivity index (χ1v) is 22.3. The number of halogens is 1. The van der Waals surface area contributed by atoms with Crippen LogP contribution in [0.15, 0.2) is 48.5 Å². The number of esters is 1. The van der Waals surface area contributed by atoms with Gasteiger partial charge in [0.05, 0.1) is 6.61 Å². The number of unbranched alkanes of at least 4 members (excludes halogenated alkanes) is 7. The third kappa shape index (κ3) is 13.8. The van der Waals surface area contributed by atoms with Crippen molar-refractivity contribution in [2.45, 2.75) is 116 Å². The molecule has 0 saturated heterocycles. The molecule has 4 nitrogen and oxygen atoms in total. The van der Waals surface area contributed by atoms with Crippen molar-refractivity contribution in [1.29, 1.82) is 0 Å². The molecule has 0 aliphatic heterocycles. The summed E-state index contributed by atoms with van der Waals surface area (Å²) < 4.78 is 17.8. The van der Waals surface area contributed by atoms with Crippen LogP contribution in [0.1, 0.15) is 71.6 Å². The summed E-state index contributed by atoms with van der Waals surface area (Å²) in [5.41, 5.74) is 2.15. The number of benzene rings is 2. The molecule has 0 radical (unpaired) electrons. The van der Waals surface area contributed by atoms with E-state index in [1.807, 2.05) is 50.2 Å². The Balaban J connectivity index is 1.58. The van der Waals surface area contributed by atoms with Crippen molar-refractivity contribution in [3.05, 3.63) is 48.5 Å². The lowest BCUT2D eigenvalue weighted by molar-refractivity contribution is -0.134. The number of carbonyl (C=O) groups excluding carboxylic acids is 1. The predicted molar refractivity (Wildman–Crippen MR) is 176 cm³/mol. The summed E-state index contributed by atoms with van der Waals surface area (Å²) in [5.74, 6) is 1.09. The van der Waals surface area contributed by atoms with Gasteiger partial charge in [-0.1, -0.05) is 89.5 Å². The van der Waals surface area contributed by atoms with Gasteiger partial charge in [-0.15, -0.1) is 11.6 Å². The molecule has 2 aromatic carbocycles. The lowest BCUT2D eigenvalue weighted by atomic mass is 10.0. The van der Waals surface area contributed by atoms with Crippen LogP contribution in [0.25, 0.3) is 11.1 Å². The zero-order valence-corrected chi connectivity index (χ0v) is 28.8. The van der Waals surface area contributed by atoms with E-state index in [9.17, 15) is 4.79 Å². The average Bonchev–Trinajstić information content (AvgIpc) is 2.90. The maximum absolute atomic E-state index is 12.2. The van der Waals surface area contributed by atoms with Crippen molar-refractivity contribution >= 4 is 34.2 Å². The fourth-order valence-electron chi connectivity index (χ4n) is 4.85. The second-order valence-electron chi connectivity index (χ2n) is 12.7. The summed E-state index contributed by atoms with van der Waals surface area (Å²) in [6.07, 6.45) is 11.1. The first-order valence-electron chi connectivity index (χ1n) is 15.3. The summed E-state index contributed by atoms with van der Waals surface area (Å²) in [6.45, 7) is 16.4. The van der Waals surface area contributed by atoms with Gasteiger partial charge in [-0.3, -0.25) is 4.79 Å². The first kappa shape index (κ1) is 34.6. The Hall–Kier alpha value is -1.61. The van der Waals surface area contributed by atoms with Gasteiger partial charge in [0.2, 0.25) is 0 Å². The fraction of sp³-hybridized carbons (Fsp3) is 0.606. The summed E-state index contributed by atoms with van der Waals surface area (Å²) in [7, 11) is -2.87. The second-order valence-corrected chi connectivity index (χ2v) is 22.2. The van der Waals surface area contributed by atoms with Crippen LogP contribution in [0.2, 0.25) is 38.8 Å². The van der Waals surface area contributed by atoms with Crippen LogP contribution in [0, 0.1) is 5.92 Å². The Morgan fingerprint density at radius 1 is 0.750 bits per heavy atom. The minimum absolute atomic E-state index is 0.0777. The Bertz CT molecular complexity index is 987. The number of hydrogen-bond donors (Lipinski definition) is 0. The van der Waals surface area contributed by atoms with Gasteiger partial charge < -0.3 is 13.6 Å². The Morgan fingerprint density at radius 3 is 1.73 bits per heavy atom. The minimum atomic E-state index is -1.46. The molecule has 2 atom stereocenters. The smallest absolute Gasteiger partial charge is 0.329 e. The molecule has 224 valence electrons. The third-order valence-electron chi connectivity index (χ3n) is 7.15. The van der Waals surface area contributed by atoms with E-state index in [0.717, 1.165) is 36.3 Å². The van der Waals surface area contributed by atoms with Gasteiger partial charge in [0, 0.05) is 0 Å². The molecular weight excluding hydrogens is 552 g/mol. The first-order chi connectivity index (χ1) is 18.9. The Labute approximate surface area is 251 Å². The van der Waals surface area contributed by atoms with Crippen LogP contribution >= 0.6 is 11.6 Å². The zero-order chi connectivity index (χ0) is 29.6. The molecule has 40 heavy (non-hydrogen) atoms.